The summed E-state index contributed by atoms with van der Waals surface area (Å²) in [6.45, 7) is 2.58. The predicted octanol–water partition coefficient (Wildman–Crippen LogP) is 2.42. The Balaban J connectivity index is 1.72. The minimum atomic E-state index is -0.935. The van der Waals surface area contributed by atoms with Crippen LogP contribution in [0.1, 0.15) is 42.1 Å². The Hall–Kier alpha value is -2.04. The number of hydrogen-bond donors (Lipinski definition) is 3. The second-order valence-electron chi connectivity index (χ2n) is 5.50. The molecule has 114 valence electrons. The molecule has 1 aliphatic rings. The third-order valence-corrected chi connectivity index (χ3v) is 3.83. The van der Waals surface area contributed by atoms with Gasteiger partial charge in [-0.15, -0.1) is 0 Å². The summed E-state index contributed by atoms with van der Waals surface area (Å²) in [6.07, 6.45) is 3.90. The number of hydrogen-bond acceptors (Lipinski definition) is 2. The fourth-order valence-electron chi connectivity index (χ4n) is 2.59. The first-order valence-corrected chi connectivity index (χ1v) is 7.47. The van der Waals surface area contributed by atoms with Crippen LogP contribution in [0.15, 0.2) is 24.3 Å². The number of amides is 2. The Bertz CT molecular complexity index is 516. The Kier molecular flexibility index (Phi) is 5.20. The molecule has 1 fully saturated rings. The minimum Gasteiger partial charge on any atom is -0.478 e. The molecule has 2 unspecified atom stereocenters. The molecular formula is C16H22N2O3. The van der Waals surface area contributed by atoms with Crippen molar-refractivity contribution in [2.24, 2.45) is 5.92 Å². The predicted molar refractivity (Wildman–Crippen MR) is 80.4 cm³/mol. The van der Waals surface area contributed by atoms with Gasteiger partial charge in [-0.3, -0.25) is 0 Å². The van der Waals surface area contributed by atoms with E-state index in [9.17, 15) is 9.59 Å². The highest BCUT2D eigenvalue weighted by atomic mass is 16.4. The van der Waals surface area contributed by atoms with Crippen molar-refractivity contribution < 1.29 is 14.7 Å². The molecule has 1 saturated carbocycles. The Labute approximate surface area is 124 Å². The van der Waals surface area contributed by atoms with Crippen LogP contribution in [0.25, 0.3) is 0 Å². The molecule has 5 heteroatoms. The Morgan fingerprint density at radius 2 is 2.10 bits per heavy atom. The average molecular weight is 290 g/mol. The van der Waals surface area contributed by atoms with E-state index in [1.807, 2.05) is 0 Å². The summed E-state index contributed by atoms with van der Waals surface area (Å²) in [7, 11) is 0. The summed E-state index contributed by atoms with van der Waals surface area (Å²) in [4.78, 5) is 22.8. The molecule has 0 aliphatic heterocycles. The molecular weight excluding hydrogens is 268 g/mol. The Morgan fingerprint density at radius 3 is 2.81 bits per heavy atom. The highest BCUT2D eigenvalue weighted by molar-refractivity contribution is 5.89. The monoisotopic (exact) mass is 290 g/mol. The molecule has 0 spiro atoms. The SMILES string of the molecule is CCCC1CC1NC(=O)NCCc1ccccc1C(=O)O. The zero-order chi connectivity index (χ0) is 15.2. The van der Waals surface area contributed by atoms with Crippen LogP contribution in [-0.2, 0) is 6.42 Å². The lowest BCUT2D eigenvalue weighted by Gasteiger charge is -2.09. The third kappa shape index (κ3) is 4.48. The summed E-state index contributed by atoms with van der Waals surface area (Å²) in [5.41, 5.74) is 1.03. The molecule has 0 heterocycles. The lowest BCUT2D eigenvalue weighted by molar-refractivity contribution is 0.0695. The van der Waals surface area contributed by atoms with Crippen LogP contribution >= 0.6 is 0 Å². The van der Waals surface area contributed by atoms with E-state index in [4.69, 9.17) is 5.11 Å². The summed E-state index contributed by atoms with van der Waals surface area (Å²) in [5.74, 6) is -0.302. The standard InChI is InChI=1S/C16H22N2O3/c1-2-5-12-10-14(12)18-16(21)17-9-8-11-6-3-4-7-13(11)15(19)20/h3-4,6-7,12,14H,2,5,8-10H2,1H3,(H,19,20)(H2,17,18,21). The van der Waals surface area contributed by atoms with Gasteiger partial charge in [0.2, 0.25) is 0 Å². The summed E-state index contributed by atoms with van der Waals surface area (Å²) < 4.78 is 0. The summed E-state index contributed by atoms with van der Waals surface area (Å²) in [5, 5.41) is 14.8. The number of carbonyl (C=O) groups is 2. The van der Waals surface area contributed by atoms with Crippen molar-refractivity contribution >= 4 is 12.0 Å². The second kappa shape index (κ2) is 7.11. The van der Waals surface area contributed by atoms with Crippen molar-refractivity contribution in [2.75, 3.05) is 6.54 Å². The third-order valence-electron chi connectivity index (χ3n) is 3.83. The van der Waals surface area contributed by atoms with E-state index < -0.39 is 5.97 Å². The van der Waals surface area contributed by atoms with Crippen LogP contribution in [0.2, 0.25) is 0 Å². The van der Waals surface area contributed by atoms with Crippen LogP contribution < -0.4 is 10.6 Å². The number of aromatic carboxylic acids is 1. The molecule has 0 aromatic heterocycles. The Morgan fingerprint density at radius 1 is 1.33 bits per heavy atom. The topological polar surface area (TPSA) is 78.4 Å². The zero-order valence-electron chi connectivity index (χ0n) is 12.3. The lowest BCUT2D eigenvalue weighted by atomic mass is 10.0. The summed E-state index contributed by atoms with van der Waals surface area (Å²) >= 11 is 0. The van der Waals surface area contributed by atoms with Crippen molar-refractivity contribution in [3.05, 3.63) is 35.4 Å². The molecule has 1 aromatic rings. The highest BCUT2D eigenvalue weighted by Crippen LogP contribution is 2.34. The van der Waals surface area contributed by atoms with Gasteiger partial charge in [-0.2, -0.15) is 0 Å². The van der Waals surface area contributed by atoms with Crippen molar-refractivity contribution in [2.45, 2.75) is 38.6 Å². The normalized spacial score (nSPS) is 19.9. The molecule has 0 bridgehead atoms. The molecule has 2 rings (SSSR count). The van der Waals surface area contributed by atoms with Crippen LogP contribution in [0, 0.1) is 5.92 Å². The van der Waals surface area contributed by atoms with E-state index >= 15 is 0 Å². The lowest BCUT2D eigenvalue weighted by Crippen LogP contribution is -2.38. The number of carbonyl (C=O) groups excluding carboxylic acids is 1. The van der Waals surface area contributed by atoms with Gasteiger partial charge in [0.15, 0.2) is 0 Å². The molecule has 5 nitrogen and oxygen atoms in total. The number of carboxylic acids is 1. The number of urea groups is 1. The first-order valence-electron chi connectivity index (χ1n) is 7.47. The molecule has 1 aliphatic carbocycles. The van der Waals surface area contributed by atoms with Crippen LogP contribution in [0.4, 0.5) is 4.79 Å². The molecule has 1 aromatic carbocycles. The average Bonchev–Trinajstić information content (AvgIpc) is 3.17. The maximum Gasteiger partial charge on any atom is 0.335 e. The van der Waals surface area contributed by atoms with Gasteiger partial charge in [0.05, 0.1) is 5.56 Å². The van der Waals surface area contributed by atoms with Crippen molar-refractivity contribution in [3.8, 4) is 0 Å². The van der Waals surface area contributed by atoms with Gasteiger partial charge in [-0.1, -0.05) is 31.5 Å². The van der Waals surface area contributed by atoms with Gasteiger partial charge >= 0.3 is 12.0 Å². The van der Waals surface area contributed by atoms with E-state index in [2.05, 4.69) is 17.6 Å². The molecule has 21 heavy (non-hydrogen) atoms. The van der Waals surface area contributed by atoms with E-state index in [0.717, 1.165) is 24.8 Å². The van der Waals surface area contributed by atoms with Crippen molar-refractivity contribution in [1.82, 2.24) is 10.6 Å². The van der Waals surface area contributed by atoms with E-state index in [0.29, 0.717) is 30.5 Å². The smallest absolute Gasteiger partial charge is 0.335 e. The number of benzene rings is 1. The summed E-state index contributed by atoms with van der Waals surface area (Å²) in [6, 6.07) is 7.02. The molecule has 0 radical (unpaired) electrons. The minimum absolute atomic E-state index is 0.161. The van der Waals surface area contributed by atoms with Crippen LogP contribution in [0.3, 0.4) is 0 Å². The number of nitrogens with one attached hydrogen (secondary N) is 2. The van der Waals surface area contributed by atoms with Crippen molar-refractivity contribution in [1.29, 1.82) is 0 Å². The van der Waals surface area contributed by atoms with Gasteiger partial charge in [-0.25, -0.2) is 9.59 Å². The van der Waals surface area contributed by atoms with Gasteiger partial charge < -0.3 is 15.7 Å². The van der Waals surface area contributed by atoms with E-state index in [1.165, 1.54) is 0 Å². The van der Waals surface area contributed by atoms with Gasteiger partial charge in [0.25, 0.3) is 0 Å². The molecule has 3 N–H and O–H groups in total. The largest absolute Gasteiger partial charge is 0.478 e. The van der Waals surface area contributed by atoms with Crippen LogP contribution in [-0.4, -0.2) is 29.7 Å². The fourth-order valence-corrected chi connectivity index (χ4v) is 2.59. The highest BCUT2D eigenvalue weighted by Gasteiger charge is 2.36. The molecule has 0 saturated heterocycles. The first kappa shape index (κ1) is 15.4. The maximum absolute atomic E-state index is 11.7. The number of carboxylic acid groups (broad SMARTS) is 1. The maximum atomic E-state index is 11.7. The van der Waals surface area contributed by atoms with E-state index in [-0.39, 0.29) is 6.03 Å². The fraction of sp³-hybridized carbons (Fsp3) is 0.500. The van der Waals surface area contributed by atoms with Gasteiger partial charge in [-0.05, 0) is 36.8 Å². The van der Waals surface area contributed by atoms with E-state index in [1.54, 1.807) is 24.3 Å². The quantitative estimate of drug-likeness (QED) is 0.721. The second-order valence-corrected chi connectivity index (χ2v) is 5.50. The molecule has 2 atom stereocenters. The zero-order valence-corrected chi connectivity index (χ0v) is 12.3. The van der Waals surface area contributed by atoms with Gasteiger partial charge in [0.1, 0.15) is 0 Å². The van der Waals surface area contributed by atoms with Crippen LogP contribution in [0.5, 0.6) is 0 Å². The number of rotatable bonds is 7. The van der Waals surface area contributed by atoms with Crippen molar-refractivity contribution in [3.63, 3.8) is 0 Å². The first-order chi connectivity index (χ1) is 10.1. The molecule has 2 amide bonds. The van der Waals surface area contributed by atoms with Gasteiger partial charge in [0, 0.05) is 12.6 Å².